The largest absolute Gasteiger partial charge is 0.338 e. The minimum Gasteiger partial charge on any atom is -0.338 e. The van der Waals surface area contributed by atoms with Gasteiger partial charge in [0, 0.05) is 18.1 Å². The summed E-state index contributed by atoms with van der Waals surface area (Å²) in [4.78, 5) is 14.2. The topological polar surface area (TPSA) is 57.7 Å². The predicted octanol–water partition coefficient (Wildman–Crippen LogP) is 1.69. The van der Waals surface area contributed by atoms with Gasteiger partial charge in [-0.2, -0.15) is 4.31 Å². The molecule has 0 radical (unpaired) electrons. The summed E-state index contributed by atoms with van der Waals surface area (Å²) in [7, 11) is -3.40. The number of nitrogens with zero attached hydrogens (tertiary/aromatic N) is 2. The first kappa shape index (κ1) is 17.4. The summed E-state index contributed by atoms with van der Waals surface area (Å²) in [6, 6.07) is 0.205. The molecule has 20 heavy (non-hydrogen) atoms. The first-order valence-electron chi connectivity index (χ1n) is 7.02. The van der Waals surface area contributed by atoms with Crippen molar-refractivity contribution < 1.29 is 13.2 Å². The van der Waals surface area contributed by atoms with Crippen molar-refractivity contribution >= 4 is 15.9 Å². The molecule has 1 aliphatic rings. The van der Waals surface area contributed by atoms with E-state index in [-0.39, 0.29) is 23.9 Å². The maximum atomic E-state index is 12.4. The molecule has 6 heteroatoms. The van der Waals surface area contributed by atoms with Crippen LogP contribution in [-0.4, -0.2) is 54.5 Å². The zero-order valence-corrected chi connectivity index (χ0v) is 14.5. The Morgan fingerprint density at radius 1 is 1.20 bits per heavy atom. The second kappa shape index (κ2) is 5.30. The van der Waals surface area contributed by atoms with Gasteiger partial charge in [-0.15, -0.1) is 0 Å². The van der Waals surface area contributed by atoms with Gasteiger partial charge in [0.25, 0.3) is 0 Å². The third-order valence-corrected chi connectivity index (χ3v) is 5.24. The zero-order chi connectivity index (χ0) is 15.9. The molecule has 0 bridgehead atoms. The summed E-state index contributed by atoms with van der Waals surface area (Å²) >= 11 is 0. The van der Waals surface area contributed by atoms with E-state index < -0.39 is 15.6 Å². The number of sulfonamides is 1. The maximum absolute atomic E-state index is 12.4. The van der Waals surface area contributed by atoms with Crippen LogP contribution in [0.4, 0.5) is 0 Å². The van der Waals surface area contributed by atoms with Gasteiger partial charge in [0.2, 0.25) is 15.9 Å². The molecule has 118 valence electrons. The highest BCUT2D eigenvalue weighted by Crippen LogP contribution is 2.34. The average molecular weight is 304 g/mol. The van der Waals surface area contributed by atoms with Crippen LogP contribution in [0.25, 0.3) is 0 Å². The lowest BCUT2D eigenvalue weighted by Crippen LogP contribution is -2.60. The van der Waals surface area contributed by atoms with E-state index in [1.807, 2.05) is 4.90 Å². The second-order valence-electron chi connectivity index (χ2n) is 7.70. The molecule has 1 rings (SSSR count). The minimum absolute atomic E-state index is 0.0333. The smallest absolute Gasteiger partial charge is 0.238 e. The molecule has 5 nitrogen and oxygen atoms in total. The Morgan fingerprint density at radius 2 is 1.70 bits per heavy atom. The average Bonchev–Trinajstić information content (AvgIpc) is 2.05. The van der Waals surface area contributed by atoms with Crippen molar-refractivity contribution in [2.24, 2.45) is 5.41 Å². The van der Waals surface area contributed by atoms with Crippen molar-refractivity contribution in [3.05, 3.63) is 0 Å². The predicted molar refractivity (Wildman–Crippen MR) is 80.9 cm³/mol. The second-order valence-corrected chi connectivity index (χ2v) is 9.60. The molecule has 1 heterocycles. The van der Waals surface area contributed by atoms with E-state index in [2.05, 4.69) is 20.8 Å². The Morgan fingerprint density at radius 3 is 1.95 bits per heavy atom. The van der Waals surface area contributed by atoms with Gasteiger partial charge in [-0.25, -0.2) is 8.42 Å². The number of likely N-dealkylation sites (tertiary alicyclic amines) is 1. The SMILES string of the molecule is CC(C)(C)C1CCN1C(=O)CN(C(C)(C)C)S(C)(=O)=O. The van der Waals surface area contributed by atoms with Crippen LogP contribution in [0.2, 0.25) is 0 Å². The molecule has 0 saturated carbocycles. The molecule has 1 atom stereocenters. The molecule has 0 N–H and O–H groups in total. The lowest BCUT2D eigenvalue weighted by molar-refractivity contribution is -0.144. The molecule has 0 aliphatic carbocycles. The van der Waals surface area contributed by atoms with Gasteiger partial charge in [-0.1, -0.05) is 20.8 Å². The first-order valence-corrected chi connectivity index (χ1v) is 8.86. The van der Waals surface area contributed by atoms with Crippen molar-refractivity contribution in [2.75, 3.05) is 19.3 Å². The summed E-state index contributed by atoms with van der Waals surface area (Å²) in [5.74, 6) is -0.100. The van der Waals surface area contributed by atoms with E-state index in [0.29, 0.717) is 0 Å². The van der Waals surface area contributed by atoms with Crippen LogP contribution in [0.3, 0.4) is 0 Å². The molecule has 1 unspecified atom stereocenters. The van der Waals surface area contributed by atoms with Gasteiger partial charge in [-0.05, 0) is 32.6 Å². The summed E-state index contributed by atoms with van der Waals surface area (Å²) in [5.41, 5.74) is -0.559. The summed E-state index contributed by atoms with van der Waals surface area (Å²) in [6.45, 7) is 12.4. The van der Waals surface area contributed by atoms with Crippen molar-refractivity contribution in [1.82, 2.24) is 9.21 Å². The van der Waals surface area contributed by atoms with Gasteiger partial charge < -0.3 is 4.90 Å². The number of rotatable bonds is 3. The molecule has 0 aromatic rings. The number of amides is 1. The van der Waals surface area contributed by atoms with Crippen LogP contribution in [-0.2, 0) is 14.8 Å². The van der Waals surface area contributed by atoms with E-state index >= 15 is 0 Å². The molecule has 1 fully saturated rings. The fourth-order valence-corrected chi connectivity index (χ4v) is 3.99. The number of carbonyl (C=O) groups excluding carboxylic acids is 1. The minimum atomic E-state index is -3.40. The standard InChI is InChI=1S/C14H28N2O3S/c1-13(2,3)11-8-9-15(11)12(17)10-16(14(4,5)6)20(7,18)19/h11H,8-10H2,1-7H3. The summed E-state index contributed by atoms with van der Waals surface area (Å²) in [5, 5.41) is 0. The normalized spacial score (nSPS) is 21.0. The van der Waals surface area contributed by atoms with Crippen LogP contribution in [0.1, 0.15) is 48.0 Å². The van der Waals surface area contributed by atoms with Crippen LogP contribution in [0.5, 0.6) is 0 Å². The van der Waals surface area contributed by atoms with E-state index in [4.69, 9.17) is 0 Å². The summed E-state index contributed by atoms with van der Waals surface area (Å²) < 4.78 is 25.0. The molecular weight excluding hydrogens is 276 g/mol. The van der Waals surface area contributed by atoms with Crippen molar-refractivity contribution in [1.29, 1.82) is 0 Å². The number of carbonyl (C=O) groups is 1. The maximum Gasteiger partial charge on any atom is 0.238 e. The van der Waals surface area contributed by atoms with Gasteiger partial charge in [0.15, 0.2) is 0 Å². The lowest BCUT2D eigenvalue weighted by atomic mass is 9.79. The van der Waals surface area contributed by atoms with E-state index in [0.717, 1.165) is 19.2 Å². The van der Waals surface area contributed by atoms with E-state index in [9.17, 15) is 13.2 Å². The number of hydrogen-bond acceptors (Lipinski definition) is 3. The van der Waals surface area contributed by atoms with E-state index in [1.165, 1.54) is 4.31 Å². The Labute approximate surface area is 123 Å². The molecule has 1 aliphatic heterocycles. The van der Waals surface area contributed by atoms with Crippen molar-refractivity contribution in [3.63, 3.8) is 0 Å². The molecule has 0 aromatic heterocycles. The van der Waals surface area contributed by atoms with Crippen molar-refractivity contribution in [3.8, 4) is 0 Å². The summed E-state index contributed by atoms with van der Waals surface area (Å²) in [6.07, 6.45) is 2.15. The van der Waals surface area contributed by atoms with Gasteiger partial charge in [0.1, 0.15) is 0 Å². The zero-order valence-electron chi connectivity index (χ0n) is 13.7. The third kappa shape index (κ3) is 3.95. The van der Waals surface area contributed by atoms with Crippen LogP contribution in [0, 0.1) is 5.41 Å². The Bertz CT molecular complexity index is 472. The number of hydrogen-bond donors (Lipinski definition) is 0. The van der Waals surface area contributed by atoms with Gasteiger partial charge in [0.05, 0.1) is 12.8 Å². The van der Waals surface area contributed by atoms with Gasteiger partial charge >= 0.3 is 0 Å². The van der Waals surface area contributed by atoms with Crippen LogP contribution < -0.4 is 0 Å². The first-order chi connectivity index (χ1) is 8.74. The fourth-order valence-electron chi connectivity index (χ4n) is 2.65. The monoisotopic (exact) mass is 304 g/mol. The third-order valence-electron chi connectivity index (χ3n) is 3.77. The van der Waals surface area contributed by atoms with Crippen LogP contribution in [0.15, 0.2) is 0 Å². The quantitative estimate of drug-likeness (QED) is 0.797. The van der Waals surface area contributed by atoms with Crippen molar-refractivity contribution in [2.45, 2.75) is 59.5 Å². The molecule has 0 spiro atoms. The highest BCUT2D eigenvalue weighted by atomic mass is 32.2. The lowest BCUT2D eigenvalue weighted by Gasteiger charge is -2.49. The highest BCUT2D eigenvalue weighted by Gasteiger charge is 2.42. The molecule has 1 saturated heterocycles. The molecule has 0 aromatic carbocycles. The van der Waals surface area contributed by atoms with Crippen LogP contribution >= 0.6 is 0 Å². The Kier molecular flexibility index (Phi) is 4.62. The Hall–Kier alpha value is -0.620. The van der Waals surface area contributed by atoms with E-state index in [1.54, 1.807) is 20.8 Å². The Balaban J connectivity index is 2.84. The highest BCUT2D eigenvalue weighted by molar-refractivity contribution is 7.88. The molecular formula is C14H28N2O3S. The van der Waals surface area contributed by atoms with Gasteiger partial charge in [-0.3, -0.25) is 4.79 Å². The fraction of sp³-hybridized carbons (Fsp3) is 0.929. The molecule has 1 amide bonds.